The molecule has 4 aliphatic rings. The predicted octanol–water partition coefficient (Wildman–Crippen LogP) is 5.14. The van der Waals surface area contributed by atoms with Crippen LogP contribution in [0, 0.1) is 35.5 Å². The van der Waals surface area contributed by atoms with Gasteiger partial charge < -0.3 is 5.73 Å². The van der Waals surface area contributed by atoms with E-state index in [0.29, 0.717) is 6.04 Å². The topological polar surface area (TPSA) is 26.0 Å². The van der Waals surface area contributed by atoms with Gasteiger partial charge in [0.15, 0.2) is 0 Å². The van der Waals surface area contributed by atoms with E-state index < -0.39 is 0 Å². The van der Waals surface area contributed by atoms with Gasteiger partial charge in [0.05, 0.1) is 0 Å². The average molecular weight is 290 g/mol. The minimum atomic E-state index is 0.522. The fraction of sp³-hybridized carbons (Fsp3) is 1.00. The maximum atomic E-state index is 6.19. The molecule has 1 heteroatoms. The van der Waals surface area contributed by atoms with Gasteiger partial charge in [0.1, 0.15) is 0 Å². The van der Waals surface area contributed by atoms with Crippen molar-refractivity contribution < 1.29 is 0 Å². The number of hydrogen-bond donors (Lipinski definition) is 1. The van der Waals surface area contributed by atoms with Crippen LogP contribution in [0.3, 0.4) is 0 Å². The highest BCUT2D eigenvalue weighted by Crippen LogP contribution is 2.57. The lowest BCUT2D eigenvalue weighted by molar-refractivity contribution is -0.0488. The fourth-order valence-electron chi connectivity index (χ4n) is 7.01. The standard InChI is InChI=1S/C20H35N/c21-17-11-9-14(10-12-17)20-18-7-3-1-5-15(18)13-16-6-2-4-8-19(16)20/h14-20H,1-13,21H2. The van der Waals surface area contributed by atoms with E-state index in [-0.39, 0.29) is 0 Å². The molecule has 4 atom stereocenters. The fourth-order valence-corrected chi connectivity index (χ4v) is 7.01. The molecule has 0 aromatic heterocycles. The smallest absolute Gasteiger partial charge is 0.00390 e. The Balaban J connectivity index is 1.56. The molecule has 21 heavy (non-hydrogen) atoms. The van der Waals surface area contributed by atoms with Crippen LogP contribution in [-0.2, 0) is 0 Å². The van der Waals surface area contributed by atoms with Crippen LogP contribution < -0.4 is 5.73 Å². The summed E-state index contributed by atoms with van der Waals surface area (Å²) < 4.78 is 0. The molecule has 0 heterocycles. The number of hydrogen-bond acceptors (Lipinski definition) is 1. The van der Waals surface area contributed by atoms with Gasteiger partial charge in [-0.05, 0) is 80.5 Å². The normalized spacial score (nSPS) is 51.0. The van der Waals surface area contributed by atoms with E-state index in [1.807, 2.05) is 0 Å². The first-order valence-corrected chi connectivity index (χ1v) is 10.1. The van der Waals surface area contributed by atoms with Gasteiger partial charge in [-0.1, -0.05) is 38.5 Å². The van der Waals surface area contributed by atoms with E-state index in [2.05, 4.69) is 0 Å². The third-order valence-electron chi connectivity index (χ3n) is 7.89. The van der Waals surface area contributed by atoms with E-state index in [1.165, 1.54) is 51.4 Å². The maximum absolute atomic E-state index is 6.19. The zero-order valence-electron chi connectivity index (χ0n) is 13.8. The second-order valence-corrected chi connectivity index (χ2v) is 8.90. The summed E-state index contributed by atoms with van der Waals surface area (Å²) in [6.45, 7) is 0. The Kier molecular flexibility index (Phi) is 4.31. The second-order valence-electron chi connectivity index (χ2n) is 8.90. The molecule has 4 unspecified atom stereocenters. The number of rotatable bonds is 1. The highest BCUT2D eigenvalue weighted by atomic mass is 14.6. The first-order chi connectivity index (χ1) is 10.3. The summed E-state index contributed by atoms with van der Waals surface area (Å²) in [6, 6.07) is 0.522. The third-order valence-corrected chi connectivity index (χ3v) is 7.89. The summed E-state index contributed by atoms with van der Waals surface area (Å²) in [5.74, 6) is 6.58. The van der Waals surface area contributed by atoms with Crippen LogP contribution in [-0.4, -0.2) is 6.04 Å². The van der Waals surface area contributed by atoms with Gasteiger partial charge >= 0.3 is 0 Å². The Bertz CT molecular complexity index is 322. The van der Waals surface area contributed by atoms with Crippen molar-refractivity contribution in [1.82, 2.24) is 0 Å². The van der Waals surface area contributed by atoms with Crippen molar-refractivity contribution in [2.24, 2.45) is 41.2 Å². The molecule has 4 rings (SSSR count). The summed E-state index contributed by atoms with van der Waals surface area (Å²) in [5, 5.41) is 0. The van der Waals surface area contributed by atoms with Crippen molar-refractivity contribution in [3.8, 4) is 0 Å². The van der Waals surface area contributed by atoms with E-state index in [0.717, 1.165) is 35.5 Å². The summed E-state index contributed by atoms with van der Waals surface area (Å²) in [6.07, 6.45) is 19.5. The van der Waals surface area contributed by atoms with Gasteiger partial charge in [0, 0.05) is 6.04 Å². The molecular formula is C20H35N. The van der Waals surface area contributed by atoms with Gasteiger partial charge in [0.25, 0.3) is 0 Å². The molecular weight excluding hydrogens is 254 g/mol. The summed E-state index contributed by atoms with van der Waals surface area (Å²) in [4.78, 5) is 0. The van der Waals surface area contributed by atoms with Crippen molar-refractivity contribution in [3.63, 3.8) is 0 Å². The molecule has 0 aromatic rings. The zero-order valence-corrected chi connectivity index (χ0v) is 13.8. The summed E-state index contributed by atoms with van der Waals surface area (Å²) >= 11 is 0. The Hall–Kier alpha value is -0.0400. The molecule has 0 aromatic carbocycles. The molecule has 4 fully saturated rings. The number of nitrogens with two attached hydrogens (primary N) is 1. The van der Waals surface area contributed by atoms with Gasteiger partial charge in [-0.15, -0.1) is 0 Å². The molecule has 120 valence electrons. The first kappa shape index (κ1) is 14.5. The highest BCUT2D eigenvalue weighted by Gasteiger charge is 2.48. The number of fused-ring (bicyclic) bond motifs is 2. The monoisotopic (exact) mass is 289 g/mol. The van der Waals surface area contributed by atoms with Crippen molar-refractivity contribution in [2.75, 3.05) is 0 Å². The lowest BCUT2D eigenvalue weighted by Gasteiger charge is -2.54. The average Bonchev–Trinajstić information content (AvgIpc) is 2.53. The van der Waals surface area contributed by atoms with Crippen molar-refractivity contribution >= 4 is 0 Å². The van der Waals surface area contributed by atoms with E-state index >= 15 is 0 Å². The van der Waals surface area contributed by atoms with Gasteiger partial charge in [-0.25, -0.2) is 0 Å². The zero-order chi connectivity index (χ0) is 14.2. The summed E-state index contributed by atoms with van der Waals surface area (Å²) in [7, 11) is 0. The van der Waals surface area contributed by atoms with E-state index in [1.54, 1.807) is 32.1 Å². The van der Waals surface area contributed by atoms with Crippen LogP contribution in [0.2, 0.25) is 0 Å². The molecule has 0 spiro atoms. The lowest BCUT2D eigenvalue weighted by Crippen LogP contribution is -2.47. The van der Waals surface area contributed by atoms with Crippen LogP contribution in [0.4, 0.5) is 0 Å². The van der Waals surface area contributed by atoms with Gasteiger partial charge in [0.2, 0.25) is 0 Å². The van der Waals surface area contributed by atoms with E-state index in [4.69, 9.17) is 5.73 Å². The largest absolute Gasteiger partial charge is 0.328 e. The molecule has 0 aliphatic heterocycles. The Labute approximate surface area is 131 Å². The molecule has 0 radical (unpaired) electrons. The van der Waals surface area contributed by atoms with Crippen molar-refractivity contribution in [3.05, 3.63) is 0 Å². The maximum Gasteiger partial charge on any atom is 0.00390 e. The molecule has 0 bridgehead atoms. The third kappa shape index (κ3) is 2.80. The highest BCUT2D eigenvalue weighted by molar-refractivity contribution is 4.98. The molecule has 0 amide bonds. The van der Waals surface area contributed by atoms with Crippen LogP contribution in [0.25, 0.3) is 0 Å². The van der Waals surface area contributed by atoms with E-state index in [9.17, 15) is 0 Å². The van der Waals surface area contributed by atoms with Crippen LogP contribution in [0.5, 0.6) is 0 Å². The van der Waals surface area contributed by atoms with Crippen LogP contribution in [0.1, 0.15) is 83.5 Å². The molecule has 2 N–H and O–H groups in total. The van der Waals surface area contributed by atoms with Crippen LogP contribution >= 0.6 is 0 Å². The molecule has 4 saturated carbocycles. The minimum Gasteiger partial charge on any atom is -0.328 e. The van der Waals surface area contributed by atoms with Crippen molar-refractivity contribution in [1.29, 1.82) is 0 Å². The molecule has 4 aliphatic carbocycles. The summed E-state index contributed by atoms with van der Waals surface area (Å²) in [5.41, 5.74) is 6.19. The van der Waals surface area contributed by atoms with Gasteiger partial charge in [-0.2, -0.15) is 0 Å². The predicted molar refractivity (Wildman–Crippen MR) is 88.9 cm³/mol. The van der Waals surface area contributed by atoms with Crippen molar-refractivity contribution in [2.45, 2.75) is 89.5 Å². The molecule has 1 nitrogen and oxygen atoms in total. The Morgan fingerprint density at radius 2 is 1.05 bits per heavy atom. The Morgan fingerprint density at radius 1 is 0.524 bits per heavy atom. The van der Waals surface area contributed by atoms with Gasteiger partial charge in [-0.3, -0.25) is 0 Å². The van der Waals surface area contributed by atoms with Crippen LogP contribution in [0.15, 0.2) is 0 Å². The quantitative estimate of drug-likeness (QED) is 0.711. The lowest BCUT2D eigenvalue weighted by atomic mass is 9.51. The second kappa shape index (κ2) is 6.22. The first-order valence-electron chi connectivity index (χ1n) is 10.1. The molecule has 0 saturated heterocycles. The Morgan fingerprint density at radius 3 is 1.62 bits per heavy atom. The minimum absolute atomic E-state index is 0.522. The SMILES string of the molecule is NC1CCC(C2C3CCCCC3CC3CCCCC32)CC1.